The van der Waals surface area contributed by atoms with Crippen molar-refractivity contribution in [3.8, 4) is 6.07 Å². The molecule has 0 fully saturated rings. The lowest BCUT2D eigenvalue weighted by Gasteiger charge is -2.39. The Morgan fingerprint density at radius 2 is 2.07 bits per heavy atom. The molecule has 1 aliphatic heterocycles. The Labute approximate surface area is 177 Å². The van der Waals surface area contributed by atoms with E-state index in [2.05, 4.69) is 6.07 Å². The van der Waals surface area contributed by atoms with Crippen LogP contribution in [0.25, 0.3) is 0 Å². The van der Waals surface area contributed by atoms with Gasteiger partial charge in [-0.2, -0.15) is 5.26 Å². The fraction of sp³-hybridized carbons (Fsp3) is 0.273. The Balaban J connectivity index is 1.98. The number of nitrogens with zero attached hydrogens (tertiary/aromatic N) is 3. The molecule has 0 bridgehead atoms. The molecule has 0 saturated carbocycles. The maximum Gasteiger partial charge on any atom is 0.271 e. The first-order valence-electron chi connectivity index (χ1n) is 9.61. The number of nitro benzene ring substituents is 1. The number of hydrogen-bond donors (Lipinski definition) is 1. The Kier molecular flexibility index (Phi) is 4.92. The molecule has 0 radical (unpaired) electrons. The average molecular weight is 420 g/mol. The highest BCUT2D eigenvalue weighted by atomic mass is 32.1. The van der Waals surface area contributed by atoms with Crippen molar-refractivity contribution in [2.24, 2.45) is 5.73 Å². The molecule has 2 aromatic rings. The minimum atomic E-state index is -0.502. The first-order valence-corrected chi connectivity index (χ1v) is 10.4. The molecular formula is C22H20N4O3S. The van der Waals surface area contributed by atoms with Crippen molar-refractivity contribution in [1.82, 2.24) is 0 Å². The van der Waals surface area contributed by atoms with Crippen molar-refractivity contribution < 1.29 is 9.72 Å². The number of benzene rings is 1. The Morgan fingerprint density at radius 3 is 2.70 bits per heavy atom. The van der Waals surface area contributed by atoms with Crippen LogP contribution in [0.5, 0.6) is 0 Å². The van der Waals surface area contributed by atoms with Crippen LogP contribution in [0.15, 0.2) is 53.0 Å². The number of non-ortho nitro benzene ring substituents is 1. The van der Waals surface area contributed by atoms with E-state index in [9.17, 15) is 20.2 Å². The number of carbonyl (C=O) groups excluding carboxylic acids is 1. The van der Waals surface area contributed by atoms with Gasteiger partial charge in [0.1, 0.15) is 5.82 Å². The quantitative estimate of drug-likeness (QED) is 0.574. The third-order valence-electron chi connectivity index (χ3n) is 5.60. The second kappa shape index (κ2) is 7.43. The Bertz CT molecular complexity index is 1190. The molecule has 1 aliphatic carbocycles. The molecule has 2 aliphatic rings. The zero-order chi connectivity index (χ0) is 21.6. The molecule has 2 heterocycles. The van der Waals surface area contributed by atoms with Crippen molar-refractivity contribution in [2.45, 2.75) is 39.0 Å². The molecular weight excluding hydrogens is 400 g/mol. The largest absolute Gasteiger partial charge is 0.384 e. The molecule has 8 heteroatoms. The van der Waals surface area contributed by atoms with E-state index in [1.165, 1.54) is 12.1 Å². The highest BCUT2D eigenvalue weighted by molar-refractivity contribution is 7.12. The lowest BCUT2D eigenvalue weighted by Crippen LogP contribution is -2.38. The summed E-state index contributed by atoms with van der Waals surface area (Å²) < 4.78 is 0. The summed E-state index contributed by atoms with van der Waals surface area (Å²) in [5, 5.41) is 21.3. The van der Waals surface area contributed by atoms with Crippen LogP contribution in [0, 0.1) is 35.3 Å². The first-order chi connectivity index (χ1) is 14.3. The van der Waals surface area contributed by atoms with Gasteiger partial charge in [-0.05, 0) is 44.4 Å². The third-order valence-corrected chi connectivity index (χ3v) is 6.58. The highest BCUT2D eigenvalue weighted by Crippen LogP contribution is 2.48. The van der Waals surface area contributed by atoms with Gasteiger partial charge in [0.15, 0.2) is 5.78 Å². The molecule has 1 aromatic carbocycles. The summed E-state index contributed by atoms with van der Waals surface area (Å²) >= 11 is 1.62. The van der Waals surface area contributed by atoms with E-state index in [0.717, 1.165) is 21.0 Å². The van der Waals surface area contributed by atoms with Crippen LogP contribution < -0.4 is 10.6 Å². The van der Waals surface area contributed by atoms with Crippen LogP contribution in [0.2, 0.25) is 0 Å². The maximum absolute atomic E-state index is 13.1. The van der Waals surface area contributed by atoms with Gasteiger partial charge in [0, 0.05) is 39.6 Å². The van der Waals surface area contributed by atoms with Gasteiger partial charge in [0.25, 0.3) is 5.69 Å². The van der Waals surface area contributed by atoms with Gasteiger partial charge in [0.2, 0.25) is 0 Å². The summed E-state index contributed by atoms with van der Waals surface area (Å²) in [4.78, 5) is 27.7. The summed E-state index contributed by atoms with van der Waals surface area (Å²) in [7, 11) is 0. The van der Waals surface area contributed by atoms with Crippen molar-refractivity contribution in [1.29, 1.82) is 5.26 Å². The van der Waals surface area contributed by atoms with Crippen molar-refractivity contribution in [2.75, 3.05) is 4.90 Å². The Hall–Kier alpha value is -3.44. The summed E-state index contributed by atoms with van der Waals surface area (Å²) in [6, 6.07) is 10.4. The van der Waals surface area contributed by atoms with Crippen LogP contribution in [0.1, 0.15) is 40.5 Å². The van der Waals surface area contributed by atoms with E-state index in [1.807, 2.05) is 19.9 Å². The lowest BCUT2D eigenvalue weighted by molar-refractivity contribution is -0.384. The van der Waals surface area contributed by atoms with Crippen molar-refractivity contribution in [3.05, 3.63) is 78.4 Å². The molecule has 0 unspecified atom stereocenters. The van der Waals surface area contributed by atoms with Gasteiger partial charge in [-0.15, -0.1) is 11.3 Å². The molecule has 0 amide bonds. The topological polar surface area (TPSA) is 113 Å². The van der Waals surface area contributed by atoms with Crippen molar-refractivity contribution in [3.63, 3.8) is 0 Å². The fourth-order valence-electron chi connectivity index (χ4n) is 4.38. The van der Waals surface area contributed by atoms with Gasteiger partial charge in [-0.1, -0.05) is 6.07 Å². The smallest absolute Gasteiger partial charge is 0.271 e. The van der Waals surface area contributed by atoms with Crippen molar-refractivity contribution >= 4 is 28.5 Å². The zero-order valence-electron chi connectivity index (χ0n) is 16.6. The number of hydrogen-bond acceptors (Lipinski definition) is 7. The van der Waals surface area contributed by atoms with E-state index in [-0.39, 0.29) is 17.3 Å². The second-order valence-electron chi connectivity index (χ2n) is 7.46. The minimum absolute atomic E-state index is 0.000170. The number of nitrogens with two attached hydrogens (primary N) is 1. The van der Waals surface area contributed by atoms with E-state index in [0.29, 0.717) is 36.1 Å². The monoisotopic (exact) mass is 420 g/mol. The minimum Gasteiger partial charge on any atom is -0.384 e. The van der Waals surface area contributed by atoms with Gasteiger partial charge < -0.3 is 5.73 Å². The normalized spacial score (nSPS) is 19.0. The van der Waals surface area contributed by atoms with Crippen LogP contribution in [-0.4, -0.2) is 10.7 Å². The molecule has 0 spiro atoms. The van der Waals surface area contributed by atoms with Crippen LogP contribution in [-0.2, 0) is 4.79 Å². The first kappa shape index (κ1) is 19.9. The molecule has 4 rings (SSSR count). The number of ketones is 1. The SMILES string of the molecule is Cc1cc([C@H]2C(C#N)=C(N)N(c3cccc([N+](=O)[O-])c3)C3=C2C(=O)CCC3)c(C)s1. The maximum atomic E-state index is 13.1. The van der Waals surface area contributed by atoms with Crippen LogP contribution in [0.4, 0.5) is 11.4 Å². The third kappa shape index (κ3) is 3.08. The fourth-order valence-corrected chi connectivity index (χ4v) is 5.34. The summed E-state index contributed by atoms with van der Waals surface area (Å²) in [5.74, 6) is -0.280. The molecule has 2 N–H and O–H groups in total. The molecule has 0 saturated heterocycles. The summed E-state index contributed by atoms with van der Waals surface area (Å²) in [5.41, 5.74) is 9.45. The predicted molar refractivity (Wildman–Crippen MR) is 115 cm³/mol. The number of aryl methyl sites for hydroxylation is 2. The Morgan fingerprint density at radius 1 is 1.30 bits per heavy atom. The van der Waals surface area contributed by atoms with Crippen LogP contribution in [0.3, 0.4) is 0 Å². The number of nitriles is 1. The second-order valence-corrected chi connectivity index (χ2v) is 8.92. The number of thiophene rings is 1. The molecule has 1 atom stereocenters. The van der Waals surface area contributed by atoms with Gasteiger partial charge in [-0.25, -0.2) is 0 Å². The number of anilines is 1. The van der Waals surface area contributed by atoms with E-state index < -0.39 is 10.8 Å². The van der Waals surface area contributed by atoms with E-state index in [1.54, 1.807) is 28.4 Å². The number of Topliss-reactive ketones (excluding diaryl/α,β-unsaturated/α-hetero) is 1. The van der Waals surface area contributed by atoms with E-state index >= 15 is 0 Å². The highest BCUT2D eigenvalue weighted by Gasteiger charge is 2.41. The van der Waals surface area contributed by atoms with Crippen LogP contribution >= 0.6 is 11.3 Å². The summed E-state index contributed by atoms with van der Waals surface area (Å²) in [6.07, 6.45) is 1.70. The molecule has 152 valence electrons. The molecule has 1 aromatic heterocycles. The lowest BCUT2D eigenvalue weighted by atomic mass is 9.75. The number of allylic oxidation sites excluding steroid dienone is 3. The summed E-state index contributed by atoms with van der Waals surface area (Å²) in [6.45, 7) is 3.98. The number of nitro groups is 1. The van der Waals surface area contributed by atoms with Gasteiger partial charge in [0.05, 0.1) is 28.2 Å². The molecule has 30 heavy (non-hydrogen) atoms. The van der Waals surface area contributed by atoms with E-state index in [4.69, 9.17) is 5.73 Å². The number of rotatable bonds is 3. The number of carbonyl (C=O) groups is 1. The van der Waals surface area contributed by atoms with Gasteiger partial charge >= 0.3 is 0 Å². The predicted octanol–water partition coefficient (Wildman–Crippen LogP) is 4.58. The van der Waals surface area contributed by atoms with Gasteiger partial charge in [-0.3, -0.25) is 19.8 Å². The molecule has 7 nitrogen and oxygen atoms in total. The zero-order valence-corrected chi connectivity index (χ0v) is 17.5. The standard InChI is InChI=1S/C22H20N4O3S/c1-12-9-16(13(2)30-12)20-17(11-23)22(24)25(18-7-4-8-19(27)21(18)20)14-5-3-6-15(10-14)26(28)29/h3,5-6,9-10,20H,4,7-8,24H2,1-2H3/t20-/m0/s1. The average Bonchev–Trinajstić information content (AvgIpc) is 3.05.